The van der Waals surface area contributed by atoms with Crippen LogP contribution in [0.4, 0.5) is 14.6 Å². The molecule has 0 spiro atoms. The molecule has 0 unspecified atom stereocenters. The Bertz CT molecular complexity index is 655. The van der Waals surface area contributed by atoms with Gasteiger partial charge < -0.3 is 4.74 Å². The van der Waals surface area contributed by atoms with E-state index in [1.807, 2.05) is 0 Å². The lowest BCUT2D eigenvalue weighted by Gasteiger charge is -2.18. The fourth-order valence-corrected chi connectivity index (χ4v) is 2.29. The highest BCUT2D eigenvalue weighted by Gasteiger charge is 2.20. The summed E-state index contributed by atoms with van der Waals surface area (Å²) in [5, 5.41) is -0.327. The summed E-state index contributed by atoms with van der Waals surface area (Å²) in [5.74, 6) is -1.35. The van der Waals surface area contributed by atoms with Crippen LogP contribution in [0.5, 0.6) is 5.75 Å². The molecule has 3 nitrogen and oxygen atoms in total. The Labute approximate surface area is 127 Å². The second-order valence-electron chi connectivity index (χ2n) is 4.02. The Kier molecular flexibility index (Phi) is 4.45. The number of aromatic nitrogens is 1. The van der Waals surface area contributed by atoms with E-state index in [0.717, 1.165) is 12.1 Å². The molecule has 1 radical (unpaired) electrons. The van der Waals surface area contributed by atoms with Crippen molar-refractivity contribution < 1.29 is 13.5 Å². The minimum Gasteiger partial charge on any atom is -0.482 e. The maximum atomic E-state index is 13.8. The van der Waals surface area contributed by atoms with E-state index in [1.165, 1.54) is 19.2 Å². The minimum absolute atomic E-state index is 0.0916. The molecular weight excluding hydrogens is 354 g/mol. The summed E-state index contributed by atoms with van der Waals surface area (Å²) >= 11 is 8.96. The van der Waals surface area contributed by atoms with Gasteiger partial charge in [0.05, 0.1) is 5.02 Å². The highest BCUT2D eigenvalue weighted by atomic mass is 79.9. The molecule has 2 aromatic rings. The number of hydrogen-bond donors (Lipinski definition) is 0. The molecule has 0 bridgehead atoms. The maximum Gasteiger partial charge on any atom is 0.187 e. The number of nitrogens with one attached hydrogen (secondary N) is 1. The zero-order valence-corrected chi connectivity index (χ0v) is 12.6. The van der Waals surface area contributed by atoms with Gasteiger partial charge in [-0.3, -0.25) is 5.73 Å². The number of pyridine rings is 1. The molecule has 0 saturated heterocycles. The Morgan fingerprint density at radius 1 is 1.35 bits per heavy atom. The molecule has 7 heteroatoms. The van der Waals surface area contributed by atoms with Crippen LogP contribution in [0, 0.1) is 11.6 Å². The van der Waals surface area contributed by atoms with Gasteiger partial charge in [0, 0.05) is 16.2 Å². The third kappa shape index (κ3) is 3.02. The highest BCUT2D eigenvalue weighted by molar-refractivity contribution is 9.10. The van der Waals surface area contributed by atoms with Crippen LogP contribution < -0.4 is 10.5 Å². The first-order chi connectivity index (χ1) is 9.40. The predicted octanol–water partition coefficient (Wildman–Crippen LogP) is 4.83. The van der Waals surface area contributed by atoms with E-state index < -0.39 is 17.7 Å². The molecule has 1 atom stereocenters. The monoisotopic (exact) mass is 361 g/mol. The van der Waals surface area contributed by atoms with E-state index in [4.69, 9.17) is 22.1 Å². The lowest BCUT2D eigenvalue weighted by Crippen LogP contribution is -2.08. The van der Waals surface area contributed by atoms with Gasteiger partial charge in [0.15, 0.2) is 11.6 Å². The van der Waals surface area contributed by atoms with Crippen molar-refractivity contribution in [1.82, 2.24) is 10.7 Å². The Morgan fingerprint density at radius 3 is 2.70 bits per heavy atom. The van der Waals surface area contributed by atoms with Crippen LogP contribution in [0.1, 0.15) is 18.6 Å². The Morgan fingerprint density at radius 2 is 2.00 bits per heavy atom. The normalized spacial score (nSPS) is 12.2. The van der Waals surface area contributed by atoms with Crippen molar-refractivity contribution in [3.63, 3.8) is 0 Å². The quantitative estimate of drug-likeness (QED) is 0.734. The van der Waals surface area contributed by atoms with Crippen molar-refractivity contribution in [2.24, 2.45) is 0 Å². The van der Waals surface area contributed by atoms with E-state index in [9.17, 15) is 8.78 Å². The second-order valence-corrected chi connectivity index (χ2v) is 5.31. The molecule has 0 aliphatic carbocycles. The molecule has 1 aromatic heterocycles. The molecule has 0 aliphatic heterocycles. The molecule has 0 amide bonds. The molecule has 1 aromatic carbocycles. The summed E-state index contributed by atoms with van der Waals surface area (Å²) in [6, 6.07) is 3.46. The van der Waals surface area contributed by atoms with Crippen LogP contribution in [0.3, 0.4) is 0 Å². The fraction of sp³-hybridized carbons (Fsp3) is 0.154. The van der Waals surface area contributed by atoms with Crippen molar-refractivity contribution >= 4 is 33.3 Å². The van der Waals surface area contributed by atoms with E-state index in [0.29, 0.717) is 4.47 Å². The number of benzene rings is 1. The summed E-state index contributed by atoms with van der Waals surface area (Å²) in [6.07, 6.45) is 0.577. The summed E-state index contributed by atoms with van der Waals surface area (Å²) in [5.41, 5.74) is 7.52. The van der Waals surface area contributed by atoms with Gasteiger partial charge in [-0.1, -0.05) is 11.6 Å². The molecule has 2 rings (SSSR count). The van der Waals surface area contributed by atoms with E-state index in [1.54, 1.807) is 0 Å². The summed E-state index contributed by atoms with van der Waals surface area (Å²) in [4.78, 5) is 3.78. The van der Waals surface area contributed by atoms with Crippen LogP contribution in [0.2, 0.25) is 5.02 Å². The van der Waals surface area contributed by atoms with E-state index in [-0.39, 0.29) is 22.2 Å². The molecule has 1 heterocycles. The van der Waals surface area contributed by atoms with Crippen LogP contribution in [-0.2, 0) is 0 Å². The lowest BCUT2D eigenvalue weighted by atomic mass is 10.1. The first-order valence-corrected chi connectivity index (χ1v) is 6.74. The summed E-state index contributed by atoms with van der Waals surface area (Å²) < 4.78 is 33.2. The Balaban J connectivity index is 2.35. The van der Waals surface area contributed by atoms with Crippen molar-refractivity contribution in [1.29, 1.82) is 0 Å². The molecule has 1 N–H and O–H groups in total. The van der Waals surface area contributed by atoms with Crippen LogP contribution >= 0.6 is 27.5 Å². The topological polar surface area (TPSA) is 45.9 Å². The number of hydrogen-bond acceptors (Lipinski definition) is 2. The molecule has 20 heavy (non-hydrogen) atoms. The molecule has 0 fully saturated rings. The first kappa shape index (κ1) is 15.0. The van der Waals surface area contributed by atoms with Gasteiger partial charge in [-0.2, -0.15) is 0 Å². The Hall–Kier alpha value is -1.40. The van der Waals surface area contributed by atoms with Gasteiger partial charge in [0.25, 0.3) is 0 Å². The minimum atomic E-state index is -0.863. The predicted molar refractivity (Wildman–Crippen MR) is 75.1 cm³/mol. The van der Waals surface area contributed by atoms with Gasteiger partial charge in [-0.05, 0) is 41.1 Å². The van der Waals surface area contributed by atoms with Crippen molar-refractivity contribution in [2.45, 2.75) is 13.0 Å². The zero-order valence-electron chi connectivity index (χ0n) is 10.3. The third-order valence-corrected chi connectivity index (χ3v) is 3.43. The lowest BCUT2D eigenvalue weighted by molar-refractivity contribution is 0.221. The first-order valence-electron chi connectivity index (χ1n) is 5.57. The number of rotatable bonds is 3. The van der Waals surface area contributed by atoms with Crippen molar-refractivity contribution in [3.8, 4) is 5.75 Å². The van der Waals surface area contributed by atoms with Crippen LogP contribution in [0.15, 0.2) is 28.9 Å². The van der Waals surface area contributed by atoms with Crippen LogP contribution in [-0.4, -0.2) is 4.98 Å². The SMILES string of the molecule is C[C@@H](Oc1cc(Br)cnc1[NH])c1c(F)ccc(F)c1Cl. The molecular formula is C13H9BrClF2N2O. The van der Waals surface area contributed by atoms with E-state index in [2.05, 4.69) is 20.9 Å². The fourth-order valence-electron chi connectivity index (χ4n) is 1.68. The van der Waals surface area contributed by atoms with E-state index >= 15 is 0 Å². The smallest absolute Gasteiger partial charge is 0.187 e. The van der Waals surface area contributed by atoms with Crippen molar-refractivity contribution in [2.75, 3.05) is 0 Å². The largest absolute Gasteiger partial charge is 0.482 e. The standard InChI is InChI=1S/C13H9BrClF2N2O/c1-6(11-8(16)2-3-9(17)12(11)15)20-10-4-7(14)5-19-13(10)18/h2-6,18H,1H3/t6-/m1/s1. The molecule has 0 aliphatic rings. The van der Waals surface area contributed by atoms with Gasteiger partial charge >= 0.3 is 0 Å². The molecule has 105 valence electrons. The number of nitrogens with zero attached hydrogens (tertiary/aromatic N) is 1. The van der Waals surface area contributed by atoms with Gasteiger partial charge in [0.2, 0.25) is 0 Å². The number of ether oxygens (including phenoxy) is 1. The summed E-state index contributed by atoms with van der Waals surface area (Å²) in [7, 11) is 0. The van der Waals surface area contributed by atoms with Crippen molar-refractivity contribution in [3.05, 3.63) is 51.1 Å². The average molecular weight is 363 g/mol. The highest BCUT2D eigenvalue weighted by Crippen LogP contribution is 2.34. The average Bonchev–Trinajstić information content (AvgIpc) is 2.39. The third-order valence-electron chi connectivity index (χ3n) is 2.61. The van der Waals surface area contributed by atoms with Gasteiger partial charge in [-0.15, -0.1) is 0 Å². The van der Waals surface area contributed by atoms with Gasteiger partial charge in [-0.25, -0.2) is 13.8 Å². The number of halogens is 4. The van der Waals surface area contributed by atoms with Gasteiger partial charge in [0.1, 0.15) is 17.7 Å². The summed E-state index contributed by atoms with van der Waals surface area (Å²) in [6.45, 7) is 1.52. The maximum absolute atomic E-state index is 13.8. The van der Waals surface area contributed by atoms with Crippen LogP contribution in [0.25, 0.3) is 0 Å². The molecule has 0 saturated carbocycles. The second kappa shape index (κ2) is 5.93. The zero-order chi connectivity index (χ0) is 14.9.